The van der Waals surface area contributed by atoms with Crippen molar-refractivity contribution in [3.63, 3.8) is 0 Å². The van der Waals surface area contributed by atoms with E-state index in [1.54, 1.807) is 22.3 Å². The van der Waals surface area contributed by atoms with E-state index in [0.717, 1.165) is 21.3 Å². The Kier molecular flexibility index (Phi) is 3.87. The fourth-order valence-corrected chi connectivity index (χ4v) is 3.50. The molecule has 0 unspecified atom stereocenters. The molecule has 1 aliphatic rings. The Labute approximate surface area is 132 Å². The summed E-state index contributed by atoms with van der Waals surface area (Å²) in [5, 5.41) is 1.52. The second-order valence-corrected chi connectivity index (χ2v) is 6.71. The number of hydrogen-bond donors (Lipinski definition) is 0. The number of aryl methyl sites for hydroxylation is 2. The van der Waals surface area contributed by atoms with Gasteiger partial charge in [0, 0.05) is 4.88 Å². The highest BCUT2D eigenvalue weighted by Crippen LogP contribution is 2.38. The van der Waals surface area contributed by atoms with Crippen molar-refractivity contribution >= 4 is 34.5 Å². The molecule has 0 saturated heterocycles. The van der Waals surface area contributed by atoms with Gasteiger partial charge >= 0.3 is 0 Å². The van der Waals surface area contributed by atoms with Gasteiger partial charge in [-0.25, -0.2) is 4.98 Å². The Hall–Kier alpha value is -1.59. The van der Waals surface area contributed by atoms with Crippen LogP contribution in [0.1, 0.15) is 15.6 Å². The number of anilines is 1. The number of amides is 1. The Morgan fingerprint density at radius 1 is 1.48 bits per heavy atom. The number of thiazole rings is 1. The summed E-state index contributed by atoms with van der Waals surface area (Å²) < 4.78 is 5.57. The third-order valence-corrected chi connectivity index (χ3v) is 4.64. The number of hydrogen-bond acceptors (Lipinski definition) is 4. The van der Waals surface area contributed by atoms with Gasteiger partial charge in [-0.3, -0.25) is 4.79 Å². The van der Waals surface area contributed by atoms with E-state index in [0.29, 0.717) is 30.3 Å². The van der Waals surface area contributed by atoms with Gasteiger partial charge in [0.15, 0.2) is 5.75 Å². The number of fused-ring (bicyclic) bond motifs is 1. The molecule has 0 bridgehead atoms. The molecular formula is C15H15ClN2O2S. The number of benzene rings is 1. The Morgan fingerprint density at radius 2 is 2.29 bits per heavy atom. The Morgan fingerprint density at radius 3 is 3.00 bits per heavy atom. The number of ether oxygens (including phenoxy) is 1. The lowest BCUT2D eigenvalue weighted by Crippen LogP contribution is -2.39. The summed E-state index contributed by atoms with van der Waals surface area (Å²) in [6.45, 7) is 4.94. The topological polar surface area (TPSA) is 42.4 Å². The molecule has 2 heterocycles. The Balaban J connectivity index is 1.87. The second-order valence-electron chi connectivity index (χ2n) is 4.89. The van der Waals surface area contributed by atoms with E-state index >= 15 is 0 Å². The summed E-state index contributed by atoms with van der Waals surface area (Å²) in [7, 11) is 0. The van der Waals surface area contributed by atoms with E-state index in [4.69, 9.17) is 16.3 Å². The van der Waals surface area contributed by atoms with Crippen LogP contribution in [0, 0.1) is 13.8 Å². The average Bonchev–Trinajstić information content (AvgIpc) is 2.76. The lowest BCUT2D eigenvalue weighted by atomic mass is 10.2. The van der Waals surface area contributed by atoms with Crippen LogP contribution in [0.3, 0.4) is 0 Å². The minimum atomic E-state index is 0.0233. The maximum Gasteiger partial charge on any atom is 0.233 e. The molecule has 1 aromatic carbocycles. The largest absolute Gasteiger partial charge is 0.488 e. The minimum Gasteiger partial charge on any atom is -0.488 e. The van der Waals surface area contributed by atoms with Gasteiger partial charge in [0.25, 0.3) is 0 Å². The third-order valence-electron chi connectivity index (χ3n) is 3.42. The van der Waals surface area contributed by atoms with Crippen LogP contribution in [0.5, 0.6) is 5.75 Å². The molecule has 110 valence electrons. The highest BCUT2D eigenvalue weighted by molar-refractivity contribution is 7.11. The van der Waals surface area contributed by atoms with Crippen molar-refractivity contribution in [3.05, 3.63) is 38.8 Å². The fraction of sp³-hybridized carbons (Fsp3) is 0.333. The van der Waals surface area contributed by atoms with Crippen LogP contribution >= 0.6 is 22.9 Å². The summed E-state index contributed by atoms with van der Waals surface area (Å²) in [6, 6.07) is 5.45. The van der Waals surface area contributed by atoms with Crippen LogP contribution in [0.25, 0.3) is 0 Å². The van der Waals surface area contributed by atoms with Gasteiger partial charge < -0.3 is 9.64 Å². The second kappa shape index (κ2) is 5.66. The third kappa shape index (κ3) is 2.76. The number of para-hydroxylation sites is 1. The SMILES string of the molecule is Cc1nc(CC(=O)N2CCOc3c(Cl)cccc32)c(C)s1. The quantitative estimate of drug-likeness (QED) is 0.851. The van der Waals surface area contributed by atoms with Gasteiger partial charge in [-0.1, -0.05) is 17.7 Å². The van der Waals surface area contributed by atoms with Crippen LogP contribution < -0.4 is 9.64 Å². The van der Waals surface area contributed by atoms with Crippen LogP contribution in [0.15, 0.2) is 18.2 Å². The first kappa shape index (κ1) is 14.4. The Bertz CT molecular complexity index is 699. The molecule has 2 aromatic rings. The molecule has 0 radical (unpaired) electrons. The predicted molar refractivity (Wildman–Crippen MR) is 84.6 cm³/mol. The first-order valence-electron chi connectivity index (χ1n) is 6.71. The minimum absolute atomic E-state index is 0.0233. The molecule has 3 rings (SSSR count). The molecule has 6 heteroatoms. The van der Waals surface area contributed by atoms with E-state index in [9.17, 15) is 4.79 Å². The first-order chi connectivity index (χ1) is 10.1. The van der Waals surface area contributed by atoms with Gasteiger partial charge in [-0.05, 0) is 26.0 Å². The number of carbonyl (C=O) groups is 1. The van der Waals surface area contributed by atoms with E-state index in [1.807, 2.05) is 26.0 Å². The van der Waals surface area contributed by atoms with Gasteiger partial charge in [-0.15, -0.1) is 11.3 Å². The van der Waals surface area contributed by atoms with E-state index in [1.165, 1.54) is 0 Å². The summed E-state index contributed by atoms with van der Waals surface area (Å²) in [6.07, 6.45) is 0.308. The maximum atomic E-state index is 12.6. The van der Waals surface area contributed by atoms with Crippen molar-refractivity contribution in [2.45, 2.75) is 20.3 Å². The summed E-state index contributed by atoms with van der Waals surface area (Å²) in [4.78, 5) is 19.9. The van der Waals surface area contributed by atoms with Crippen molar-refractivity contribution < 1.29 is 9.53 Å². The van der Waals surface area contributed by atoms with Gasteiger partial charge in [-0.2, -0.15) is 0 Å². The van der Waals surface area contributed by atoms with Gasteiger partial charge in [0.1, 0.15) is 6.61 Å². The standard InChI is InChI=1S/C15H15ClN2O2S/c1-9-12(17-10(2)21-9)8-14(19)18-6-7-20-15-11(16)4-3-5-13(15)18/h3-5H,6-8H2,1-2H3. The molecule has 1 aliphatic heterocycles. The van der Waals surface area contributed by atoms with Crippen LogP contribution in [-0.2, 0) is 11.2 Å². The zero-order chi connectivity index (χ0) is 15.0. The monoisotopic (exact) mass is 322 g/mol. The molecular weight excluding hydrogens is 308 g/mol. The van der Waals surface area contributed by atoms with Crippen molar-refractivity contribution in [1.82, 2.24) is 4.98 Å². The zero-order valence-corrected chi connectivity index (χ0v) is 13.4. The van der Waals surface area contributed by atoms with Crippen molar-refractivity contribution in [1.29, 1.82) is 0 Å². The highest BCUT2D eigenvalue weighted by atomic mass is 35.5. The van der Waals surface area contributed by atoms with Crippen molar-refractivity contribution in [2.75, 3.05) is 18.1 Å². The lowest BCUT2D eigenvalue weighted by Gasteiger charge is -2.30. The summed E-state index contributed by atoms with van der Waals surface area (Å²) in [5.41, 5.74) is 1.60. The van der Waals surface area contributed by atoms with Gasteiger partial charge in [0.2, 0.25) is 5.91 Å². The summed E-state index contributed by atoms with van der Waals surface area (Å²) >= 11 is 7.75. The molecule has 4 nitrogen and oxygen atoms in total. The van der Waals surface area contributed by atoms with Crippen molar-refractivity contribution in [3.8, 4) is 5.75 Å². The van der Waals surface area contributed by atoms with Crippen LogP contribution in [-0.4, -0.2) is 24.0 Å². The molecule has 21 heavy (non-hydrogen) atoms. The van der Waals surface area contributed by atoms with Crippen LogP contribution in [0.2, 0.25) is 5.02 Å². The predicted octanol–water partition coefficient (Wildman–Crippen LogP) is 3.38. The van der Waals surface area contributed by atoms with E-state index in [-0.39, 0.29) is 5.91 Å². The fourth-order valence-electron chi connectivity index (χ4n) is 2.45. The van der Waals surface area contributed by atoms with E-state index < -0.39 is 0 Å². The zero-order valence-electron chi connectivity index (χ0n) is 11.9. The molecule has 0 saturated carbocycles. The normalized spacial score (nSPS) is 13.8. The van der Waals surface area contributed by atoms with Crippen LogP contribution in [0.4, 0.5) is 5.69 Å². The number of halogens is 1. The summed E-state index contributed by atoms with van der Waals surface area (Å²) in [5.74, 6) is 0.611. The van der Waals surface area contributed by atoms with E-state index in [2.05, 4.69) is 4.98 Å². The van der Waals surface area contributed by atoms with Crippen molar-refractivity contribution in [2.24, 2.45) is 0 Å². The molecule has 0 N–H and O–H groups in total. The molecule has 0 fully saturated rings. The molecule has 0 spiro atoms. The number of aromatic nitrogens is 1. The highest BCUT2D eigenvalue weighted by Gasteiger charge is 2.26. The number of rotatable bonds is 2. The molecule has 1 amide bonds. The van der Waals surface area contributed by atoms with Gasteiger partial charge in [0.05, 0.1) is 34.4 Å². The first-order valence-corrected chi connectivity index (χ1v) is 7.90. The average molecular weight is 323 g/mol. The number of carbonyl (C=O) groups excluding carboxylic acids is 1. The smallest absolute Gasteiger partial charge is 0.233 e. The molecule has 1 aromatic heterocycles. The lowest BCUT2D eigenvalue weighted by molar-refractivity contribution is -0.118. The molecule has 0 aliphatic carbocycles. The molecule has 0 atom stereocenters. The number of nitrogens with zero attached hydrogens (tertiary/aromatic N) is 2. The maximum absolute atomic E-state index is 12.6.